The normalized spacial score (nSPS) is 13.3. The highest BCUT2D eigenvalue weighted by molar-refractivity contribution is 6.01. The average molecular weight is 502 g/mol. The van der Waals surface area contributed by atoms with E-state index in [1.165, 1.54) is 6.07 Å². The third kappa shape index (κ3) is 6.91. The van der Waals surface area contributed by atoms with Gasteiger partial charge in [0.25, 0.3) is 17.7 Å². The number of fused-ring (bicyclic) bond motifs is 1. The molecule has 0 bridgehead atoms. The van der Waals surface area contributed by atoms with Gasteiger partial charge < -0.3 is 24.2 Å². The molecular weight excluding hydrogens is 470 g/mol. The molecule has 3 rings (SSSR count). The molecule has 1 aromatic carbocycles. The van der Waals surface area contributed by atoms with Crippen molar-refractivity contribution in [2.45, 2.75) is 46.0 Å². The van der Waals surface area contributed by atoms with Crippen LogP contribution in [0.3, 0.4) is 0 Å². The average Bonchev–Trinajstić information content (AvgIpc) is 3.17. The Kier molecular flexibility index (Phi) is 9.57. The van der Waals surface area contributed by atoms with Crippen LogP contribution in [0.5, 0.6) is 0 Å². The van der Waals surface area contributed by atoms with Gasteiger partial charge in [-0.2, -0.15) is 0 Å². The third-order valence-corrected chi connectivity index (χ3v) is 5.74. The van der Waals surface area contributed by atoms with Crippen molar-refractivity contribution in [1.29, 1.82) is 0 Å². The largest absolute Gasteiger partial charge is 0.422 e. The van der Waals surface area contributed by atoms with Crippen LogP contribution in [0.2, 0.25) is 0 Å². The molecule has 0 radical (unpaired) electrons. The zero-order valence-corrected chi connectivity index (χ0v) is 20.5. The van der Waals surface area contributed by atoms with Crippen LogP contribution in [0.25, 0.3) is 11.0 Å². The summed E-state index contributed by atoms with van der Waals surface area (Å²) in [6.07, 6.45) is 1.16. The fourth-order valence-electron chi connectivity index (χ4n) is 3.76. The van der Waals surface area contributed by atoms with Gasteiger partial charge >= 0.3 is 11.6 Å². The summed E-state index contributed by atoms with van der Waals surface area (Å²) in [5, 5.41) is 3.82. The minimum Gasteiger partial charge on any atom is -0.422 e. The monoisotopic (exact) mass is 501 g/mol. The van der Waals surface area contributed by atoms with Crippen molar-refractivity contribution in [3.05, 3.63) is 40.2 Å². The van der Waals surface area contributed by atoms with E-state index in [0.717, 1.165) is 18.8 Å². The molecule has 1 saturated heterocycles. The van der Waals surface area contributed by atoms with Gasteiger partial charge in [-0.1, -0.05) is 0 Å². The van der Waals surface area contributed by atoms with Crippen LogP contribution in [0, 0.1) is 0 Å². The van der Waals surface area contributed by atoms with Gasteiger partial charge in [-0.15, -0.1) is 5.06 Å². The molecule has 0 atom stereocenters. The summed E-state index contributed by atoms with van der Waals surface area (Å²) in [5.74, 6) is -2.21. The van der Waals surface area contributed by atoms with Crippen LogP contribution < -0.4 is 15.8 Å². The second-order valence-electron chi connectivity index (χ2n) is 8.21. The number of carbonyl (C=O) groups is 4. The zero-order chi connectivity index (χ0) is 26.1. The molecule has 1 aliphatic rings. The Bertz CT molecular complexity index is 1160. The van der Waals surface area contributed by atoms with Gasteiger partial charge in [-0.3, -0.25) is 14.4 Å². The van der Waals surface area contributed by atoms with Crippen molar-refractivity contribution in [3.8, 4) is 0 Å². The second-order valence-corrected chi connectivity index (χ2v) is 8.21. The van der Waals surface area contributed by atoms with E-state index in [-0.39, 0.29) is 38.0 Å². The standard InChI is InChI=1S/C25H31N3O8/c1-3-27(4-2)18-9-8-17-15-19(25(33)35-20(17)16-18)24(32)26-12-14-34-13-6-5-7-23(31)36-28-21(29)10-11-22(28)30/h8-9,15-16H,3-7,10-14H2,1-2H3,(H,26,32). The Hall–Kier alpha value is -3.73. The Morgan fingerprint density at radius 1 is 1.03 bits per heavy atom. The molecule has 0 aliphatic carbocycles. The predicted molar refractivity (Wildman–Crippen MR) is 130 cm³/mol. The summed E-state index contributed by atoms with van der Waals surface area (Å²) in [5.41, 5.74) is 0.582. The van der Waals surface area contributed by atoms with E-state index in [2.05, 4.69) is 10.2 Å². The van der Waals surface area contributed by atoms with Crippen molar-refractivity contribution >= 4 is 40.3 Å². The van der Waals surface area contributed by atoms with Crippen molar-refractivity contribution in [3.63, 3.8) is 0 Å². The number of carbonyl (C=O) groups excluding carboxylic acids is 4. The topological polar surface area (TPSA) is 135 Å². The van der Waals surface area contributed by atoms with Gasteiger partial charge in [-0.25, -0.2) is 9.59 Å². The lowest BCUT2D eigenvalue weighted by molar-refractivity contribution is -0.197. The summed E-state index contributed by atoms with van der Waals surface area (Å²) in [7, 11) is 0. The number of benzene rings is 1. The van der Waals surface area contributed by atoms with E-state index in [1.807, 2.05) is 26.0 Å². The van der Waals surface area contributed by atoms with Gasteiger partial charge in [0.05, 0.1) is 6.61 Å². The molecule has 194 valence electrons. The molecule has 2 aromatic rings. The molecular formula is C25H31N3O8. The summed E-state index contributed by atoms with van der Waals surface area (Å²) >= 11 is 0. The summed E-state index contributed by atoms with van der Waals surface area (Å²) in [4.78, 5) is 66.3. The van der Waals surface area contributed by atoms with E-state index >= 15 is 0 Å². The minimum absolute atomic E-state index is 0.0469. The maximum atomic E-state index is 12.4. The number of nitrogens with zero attached hydrogens (tertiary/aromatic N) is 2. The highest BCUT2D eigenvalue weighted by atomic mass is 16.7. The van der Waals surface area contributed by atoms with Gasteiger partial charge in [0, 0.05) is 62.6 Å². The summed E-state index contributed by atoms with van der Waals surface area (Å²) in [6.45, 7) is 6.49. The Morgan fingerprint density at radius 2 is 1.75 bits per heavy atom. The molecule has 36 heavy (non-hydrogen) atoms. The van der Waals surface area contributed by atoms with E-state index < -0.39 is 29.3 Å². The van der Waals surface area contributed by atoms with Crippen molar-refractivity contribution in [1.82, 2.24) is 10.4 Å². The maximum absolute atomic E-state index is 12.4. The van der Waals surface area contributed by atoms with Crippen LogP contribution in [0.1, 0.15) is 56.3 Å². The highest BCUT2D eigenvalue weighted by Gasteiger charge is 2.32. The Morgan fingerprint density at radius 3 is 2.44 bits per heavy atom. The van der Waals surface area contributed by atoms with Gasteiger partial charge in [0.1, 0.15) is 11.1 Å². The fourth-order valence-corrected chi connectivity index (χ4v) is 3.76. The lowest BCUT2D eigenvalue weighted by atomic mass is 10.1. The Labute approximate surface area is 208 Å². The molecule has 0 unspecified atom stereocenters. The second kappa shape index (κ2) is 12.8. The smallest absolute Gasteiger partial charge is 0.349 e. The van der Waals surface area contributed by atoms with Crippen molar-refractivity contribution < 1.29 is 33.2 Å². The number of nitrogens with one attached hydrogen (secondary N) is 1. The van der Waals surface area contributed by atoms with E-state index in [0.29, 0.717) is 35.5 Å². The molecule has 3 amide bonds. The zero-order valence-electron chi connectivity index (χ0n) is 20.5. The molecule has 11 nitrogen and oxygen atoms in total. The van der Waals surface area contributed by atoms with E-state index in [4.69, 9.17) is 14.0 Å². The van der Waals surface area contributed by atoms with Gasteiger partial charge in [0.2, 0.25) is 0 Å². The molecule has 0 spiro atoms. The molecule has 1 fully saturated rings. The van der Waals surface area contributed by atoms with Crippen LogP contribution in [0.4, 0.5) is 5.69 Å². The number of unbranched alkanes of at least 4 members (excludes halogenated alkanes) is 1. The first kappa shape index (κ1) is 26.9. The molecule has 11 heteroatoms. The first-order chi connectivity index (χ1) is 17.3. The number of ether oxygens (including phenoxy) is 1. The van der Waals surface area contributed by atoms with Crippen molar-refractivity contribution in [2.75, 3.05) is 37.7 Å². The van der Waals surface area contributed by atoms with E-state index in [1.54, 1.807) is 6.07 Å². The van der Waals surface area contributed by atoms with Crippen LogP contribution in [-0.4, -0.2) is 61.6 Å². The summed E-state index contributed by atoms with van der Waals surface area (Å²) in [6, 6.07) is 7.06. The number of amides is 3. The van der Waals surface area contributed by atoms with Gasteiger partial charge in [-0.05, 0) is 44.9 Å². The van der Waals surface area contributed by atoms with Crippen LogP contribution >= 0.6 is 0 Å². The first-order valence-electron chi connectivity index (χ1n) is 12.1. The highest BCUT2D eigenvalue weighted by Crippen LogP contribution is 2.22. The van der Waals surface area contributed by atoms with Crippen LogP contribution in [-0.2, 0) is 24.0 Å². The number of imide groups is 1. The molecule has 0 saturated carbocycles. The quantitative estimate of drug-likeness (QED) is 0.249. The number of anilines is 1. The predicted octanol–water partition coefficient (Wildman–Crippen LogP) is 2.16. The van der Waals surface area contributed by atoms with Gasteiger partial charge in [0.15, 0.2) is 0 Å². The third-order valence-electron chi connectivity index (χ3n) is 5.74. The maximum Gasteiger partial charge on any atom is 0.349 e. The summed E-state index contributed by atoms with van der Waals surface area (Å²) < 4.78 is 10.8. The molecule has 1 aromatic heterocycles. The lowest BCUT2D eigenvalue weighted by Gasteiger charge is -2.21. The fraction of sp³-hybridized carbons (Fsp3) is 0.480. The Balaban J connectivity index is 1.36. The van der Waals surface area contributed by atoms with Crippen LogP contribution in [0.15, 0.2) is 33.5 Å². The molecule has 2 heterocycles. The van der Waals surface area contributed by atoms with E-state index in [9.17, 15) is 24.0 Å². The number of hydrogen-bond donors (Lipinski definition) is 1. The number of hydrogen-bond acceptors (Lipinski definition) is 9. The first-order valence-corrected chi connectivity index (χ1v) is 12.1. The molecule has 1 aliphatic heterocycles. The molecule has 1 N–H and O–H groups in total. The SMILES string of the molecule is CCN(CC)c1ccc2cc(C(=O)NCCOCCCCC(=O)ON3C(=O)CCC3=O)c(=O)oc2c1. The number of hydroxylamine groups is 2. The number of rotatable bonds is 13. The van der Waals surface area contributed by atoms with Crippen molar-refractivity contribution in [2.24, 2.45) is 0 Å². The lowest BCUT2D eigenvalue weighted by Crippen LogP contribution is -2.32. The minimum atomic E-state index is -0.707.